The van der Waals surface area contributed by atoms with Gasteiger partial charge in [-0.2, -0.15) is 8.42 Å². The van der Waals surface area contributed by atoms with Crippen LogP contribution in [0.1, 0.15) is 18.4 Å². The van der Waals surface area contributed by atoms with Gasteiger partial charge in [0.1, 0.15) is 0 Å². The van der Waals surface area contributed by atoms with Gasteiger partial charge in [0, 0.05) is 12.5 Å². The SMILES string of the molecule is Cc1ccc(S(=O)(=O)OCCC2CCN(C(=O)O)C2=O)cc1. The number of carboxylic acid groups (broad SMARTS) is 1. The second-order valence-electron chi connectivity index (χ2n) is 5.14. The summed E-state index contributed by atoms with van der Waals surface area (Å²) in [5.74, 6) is -1.01. The molecule has 1 aliphatic rings. The van der Waals surface area contributed by atoms with E-state index < -0.39 is 28.0 Å². The Morgan fingerprint density at radius 3 is 2.55 bits per heavy atom. The molecule has 1 N–H and O–H groups in total. The van der Waals surface area contributed by atoms with Gasteiger partial charge in [0.15, 0.2) is 0 Å². The van der Waals surface area contributed by atoms with E-state index in [0.29, 0.717) is 6.42 Å². The number of rotatable bonds is 5. The summed E-state index contributed by atoms with van der Waals surface area (Å²) >= 11 is 0. The molecule has 1 atom stereocenters. The lowest BCUT2D eigenvalue weighted by atomic mass is 10.1. The molecule has 0 bridgehead atoms. The minimum Gasteiger partial charge on any atom is -0.465 e. The zero-order valence-corrected chi connectivity index (χ0v) is 12.9. The fraction of sp³-hybridized carbons (Fsp3) is 0.429. The fourth-order valence-electron chi connectivity index (χ4n) is 2.27. The van der Waals surface area contributed by atoms with Gasteiger partial charge in [-0.15, -0.1) is 0 Å². The van der Waals surface area contributed by atoms with Crippen molar-refractivity contribution in [1.29, 1.82) is 0 Å². The number of imide groups is 1. The summed E-state index contributed by atoms with van der Waals surface area (Å²) in [6, 6.07) is 6.25. The average molecular weight is 327 g/mol. The van der Waals surface area contributed by atoms with Crippen LogP contribution in [0.4, 0.5) is 4.79 Å². The average Bonchev–Trinajstić information content (AvgIpc) is 2.81. The number of amides is 2. The Morgan fingerprint density at radius 1 is 1.36 bits per heavy atom. The Labute approximate surface area is 128 Å². The molecule has 1 saturated heterocycles. The first-order valence-corrected chi connectivity index (χ1v) is 8.22. The van der Waals surface area contributed by atoms with E-state index in [-0.39, 0.29) is 24.5 Å². The third kappa shape index (κ3) is 3.63. The lowest BCUT2D eigenvalue weighted by molar-refractivity contribution is -0.129. The molecule has 0 spiro atoms. The lowest BCUT2D eigenvalue weighted by Crippen LogP contribution is -2.32. The second kappa shape index (κ2) is 6.45. The summed E-state index contributed by atoms with van der Waals surface area (Å²) in [5.41, 5.74) is 0.935. The molecular formula is C14H17NO6S. The minimum atomic E-state index is -3.86. The molecule has 2 amide bonds. The highest BCUT2D eigenvalue weighted by molar-refractivity contribution is 7.86. The molecule has 1 fully saturated rings. The number of aryl methyl sites for hydroxylation is 1. The van der Waals surface area contributed by atoms with E-state index in [0.717, 1.165) is 10.5 Å². The van der Waals surface area contributed by atoms with Crippen molar-refractivity contribution in [3.8, 4) is 0 Å². The third-order valence-corrected chi connectivity index (χ3v) is 4.89. The standard InChI is InChI=1S/C14H17NO6S/c1-10-2-4-12(5-3-10)22(19,20)21-9-7-11-6-8-15(13(11)16)14(17)18/h2-5,11H,6-9H2,1H3,(H,17,18). The van der Waals surface area contributed by atoms with E-state index in [4.69, 9.17) is 9.29 Å². The topological polar surface area (TPSA) is 101 Å². The smallest absolute Gasteiger partial charge is 0.414 e. The molecule has 1 aromatic rings. The molecule has 7 nitrogen and oxygen atoms in total. The largest absolute Gasteiger partial charge is 0.465 e. The van der Waals surface area contributed by atoms with Crippen molar-refractivity contribution >= 4 is 22.1 Å². The minimum absolute atomic E-state index is 0.0583. The predicted molar refractivity (Wildman–Crippen MR) is 76.8 cm³/mol. The van der Waals surface area contributed by atoms with E-state index in [1.54, 1.807) is 12.1 Å². The van der Waals surface area contributed by atoms with Gasteiger partial charge in [0.25, 0.3) is 10.1 Å². The van der Waals surface area contributed by atoms with Crippen molar-refractivity contribution in [3.05, 3.63) is 29.8 Å². The van der Waals surface area contributed by atoms with Crippen LogP contribution in [0.5, 0.6) is 0 Å². The quantitative estimate of drug-likeness (QED) is 0.825. The van der Waals surface area contributed by atoms with E-state index in [9.17, 15) is 18.0 Å². The molecule has 1 aromatic carbocycles. The summed E-state index contributed by atoms with van der Waals surface area (Å²) in [6.07, 6.45) is -0.715. The summed E-state index contributed by atoms with van der Waals surface area (Å²) in [7, 11) is -3.86. The van der Waals surface area contributed by atoms with Crippen LogP contribution in [-0.4, -0.2) is 43.6 Å². The summed E-state index contributed by atoms with van der Waals surface area (Å²) in [4.78, 5) is 23.3. The van der Waals surface area contributed by atoms with Gasteiger partial charge in [-0.3, -0.25) is 8.98 Å². The molecule has 0 aliphatic carbocycles. The van der Waals surface area contributed by atoms with E-state index in [1.165, 1.54) is 12.1 Å². The molecule has 0 aromatic heterocycles. The maximum atomic E-state index is 12.0. The summed E-state index contributed by atoms with van der Waals surface area (Å²) in [5, 5.41) is 8.81. The maximum absolute atomic E-state index is 12.0. The Hall–Kier alpha value is -1.93. The van der Waals surface area contributed by atoms with Gasteiger partial charge in [0.05, 0.1) is 11.5 Å². The van der Waals surface area contributed by atoms with Crippen molar-refractivity contribution in [1.82, 2.24) is 4.90 Å². The molecule has 8 heteroatoms. The third-order valence-electron chi connectivity index (χ3n) is 3.56. The van der Waals surface area contributed by atoms with Crippen molar-refractivity contribution in [3.63, 3.8) is 0 Å². The first-order chi connectivity index (χ1) is 10.3. The molecule has 1 aliphatic heterocycles. The van der Waals surface area contributed by atoms with Crippen molar-refractivity contribution < 1.29 is 27.3 Å². The van der Waals surface area contributed by atoms with Gasteiger partial charge in [-0.05, 0) is 31.9 Å². The van der Waals surface area contributed by atoms with Crippen molar-refractivity contribution in [2.24, 2.45) is 5.92 Å². The zero-order chi connectivity index (χ0) is 16.3. The molecule has 1 heterocycles. The van der Waals surface area contributed by atoms with Crippen LogP contribution in [0.3, 0.4) is 0 Å². The number of nitrogens with zero attached hydrogens (tertiary/aromatic N) is 1. The van der Waals surface area contributed by atoms with Crippen LogP contribution < -0.4 is 0 Å². The van der Waals surface area contributed by atoms with Gasteiger partial charge in [0.2, 0.25) is 5.91 Å². The highest BCUT2D eigenvalue weighted by Crippen LogP contribution is 2.22. The van der Waals surface area contributed by atoms with Crippen LogP contribution >= 0.6 is 0 Å². The number of benzene rings is 1. The highest BCUT2D eigenvalue weighted by Gasteiger charge is 2.35. The molecule has 22 heavy (non-hydrogen) atoms. The number of hydrogen-bond donors (Lipinski definition) is 1. The summed E-state index contributed by atoms with van der Waals surface area (Å²) in [6.45, 7) is 1.83. The maximum Gasteiger partial charge on any atom is 0.414 e. The van der Waals surface area contributed by atoms with Crippen molar-refractivity contribution in [2.75, 3.05) is 13.2 Å². The predicted octanol–water partition coefficient (Wildman–Crippen LogP) is 1.62. The normalized spacial score (nSPS) is 18.7. The van der Waals surface area contributed by atoms with Crippen LogP contribution in [0.15, 0.2) is 29.2 Å². The van der Waals surface area contributed by atoms with Gasteiger partial charge < -0.3 is 5.11 Å². The Kier molecular flexibility index (Phi) is 4.82. The summed E-state index contributed by atoms with van der Waals surface area (Å²) < 4.78 is 28.8. The number of likely N-dealkylation sites (tertiary alicyclic amines) is 1. The molecular weight excluding hydrogens is 310 g/mol. The van der Waals surface area contributed by atoms with Gasteiger partial charge in [-0.1, -0.05) is 17.7 Å². The zero-order valence-electron chi connectivity index (χ0n) is 12.1. The molecule has 120 valence electrons. The molecule has 0 radical (unpaired) electrons. The highest BCUT2D eigenvalue weighted by atomic mass is 32.2. The monoisotopic (exact) mass is 327 g/mol. The fourth-order valence-corrected chi connectivity index (χ4v) is 3.19. The van der Waals surface area contributed by atoms with Crippen LogP contribution in [0, 0.1) is 12.8 Å². The van der Waals surface area contributed by atoms with Gasteiger partial charge in [-0.25, -0.2) is 9.69 Å². The van der Waals surface area contributed by atoms with Gasteiger partial charge >= 0.3 is 6.09 Å². The first-order valence-electron chi connectivity index (χ1n) is 6.81. The number of carbonyl (C=O) groups excluding carboxylic acids is 1. The Morgan fingerprint density at radius 2 is 2.00 bits per heavy atom. The molecule has 1 unspecified atom stereocenters. The van der Waals surface area contributed by atoms with Crippen LogP contribution in [0.25, 0.3) is 0 Å². The van der Waals surface area contributed by atoms with Crippen molar-refractivity contribution in [2.45, 2.75) is 24.7 Å². The number of hydrogen-bond acceptors (Lipinski definition) is 5. The van der Waals surface area contributed by atoms with E-state index in [2.05, 4.69) is 0 Å². The Bertz CT molecular complexity index is 667. The Balaban J connectivity index is 1.90. The second-order valence-corrected chi connectivity index (χ2v) is 6.75. The molecule has 2 rings (SSSR count). The van der Waals surface area contributed by atoms with Crippen LogP contribution in [0.2, 0.25) is 0 Å². The lowest BCUT2D eigenvalue weighted by Gasteiger charge is -2.11. The number of carbonyl (C=O) groups is 2. The van der Waals surface area contributed by atoms with E-state index >= 15 is 0 Å². The molecule has 0 saturated carbocycles. The van der Waals surface area contributed by atoms with E-state index in [1.807, 2.05) is 6.92 Å². The van der Waals surface area contributed by atoms with Crippen LogP contribution in [-0.2, 0) is 19.1 Å². The first kappa shape index (κ1) is 16.4.